The summed E-state index contributed by atoms with van der Waals surface area (Å²) in [6, 6.07) is 10.3. The lowest BCUT2D eigenvalue weighted by molar-refractivity contribution is -0.131. The van der Waals surface area contributed by atoms with Gasteiger partial charge in [0.15, 0.2) is 0 Å². The predicted octanol–water partition coefficient (Wildman–Crippen LogP) is 2.42. The van der Waals surface area contributed by atoms with Crippen molar-refractivity contribution in [2.75, 3.05) is 13.1 Å². The van der Waals surface area contributed by atoms with E-state index in [-0.39, 0.29) is 18.3 Å². The van der Waals surface area contributed by atoms with Crippen LogP contribution < -0.4 is 5.73 Å². The van der Waals surface area contributed by atoms with Crippen LogP contribution in [0.3, 0.4) is 0 Å². The topological polar surface area (TPSA) is 64.2 Å². The fourth-order valence-corrected chi connectivity index (χ4v) is 3.27. The Bertz CT molecular complexity index is 658. The molecule has 1 aromatic heterocycles. The van der Waals surface area contributed by atoms with Gasteiger partial charge in [-0.1, -0.05) is 18.2 Å². The minimum atomic E-state index is 0. The van der Waals surface area contributed by atoms with E-state index in [0.29, 0.717) is 24.9 Å². The molecule has 2 aromatic rings. The van der Waals surface area contributed by atoms with E-state index in [0.717, 1.165) is 30.6 Å². The standard InChI is InChI=1S/C18H24N4O.ClH/c1-14-9-16(10-19)12-21(14)18(23)8-7-15-11-20-22(13-15)17-5-3-2-4-6-17;/h2-6,11,13-14,16H,7-10,12,19H2,1H3;1H. The van der Waals surface area contributed by atoms with Crippen LogP contribution in [-0.4, -0.2) is 39.7 Å². The SMILES string of the molecule is CC1CC(CN)CN1C(=O)CCc1cnn(-c2ccccc2)c1.Cl. The third-order valence-corrected chi connectivity index (χ3v) is 4.60. The van der Waals surface area contributed by atoms with E-state index in [9.17, 15) is 4.79 Å². The Morgan fingerprint density at radius 1 is 1.33 bits per heavy atom. The number of benzene rings is 1. The number of nitrogens with two attached hydrogens (primary N) is 1. The van der Waals surface area contributed by atoms with E-state index in [1.54, 1.807) is 0 Å². The summed E-state index contributed by atoms with van der Waals surface area (Å²) in [5.74, 6) is 0.677. The summed E-state index contributed by atoms with van der Waals surface area (Å²) in [5, 5.41) is 4.38. The van der Waals surface area contributed by atoms with Crippen molar-refractivity contribution in [1.29, 1.82) is 0 Å². The molecule has 0 bridgehead atoms. The third-order valence-electron chi connectivity index (χ3n) is 4.60. The largest absolute Gasteiger partial charge is 0.340 e. The number of hydrogen-bond acceptors (Lipinski definition) is 3. The van der Waals surface area contributed by atoms with Crippen molar-refractivity contribution < 1.29 is 4.79 Å². The average molecular weight is 349 g/mol. The lowest BCUT2D eigenvalue weighted by Gasteiger charge is -2.21. The Labute approximate surface area is 149 Å². The number of aryl methyl sites for hydroxylation is 1. The molecule has 3 rings (SSSR count). The van der Waals surface area contributed by atoms with E-state index >= 15 is 0 Å². The summed E-state index contributed by atoms with van der Waals surface area (Å²) in [4.78, 5) is 14.4. The fraction of sp³-hybridized carbons (Fsp3) is 0.444. The number of aromatic nitrogens is 2. The fourth-order valence-electron chi connectivity index (χ4n) is 3.27. The van der Waals surface area contributed by atoms with E-state index in [2.05, 4.69) is 12.0 Å². The van der Waals surface area contributed by atoms with Crippen LogP contribution in [0.15, 0.2) is 42.7 Å². The molecule has 1 aliphatic rings. The highest BCUT2D eigenvalue weighted by atomic mass is 35.5. The van der Waals surface area contributed by atoms with Crippen molar-refractivity contribution in [3.8, 4) is 5.69 Å². The molecule has 1 saturated heterocycles. The number of nitrogens with zero attached hydrogens (tertiary/aromatic N) is 3. The van der Waals surface area contributed by atoms with Crippen molar-refractivity contribution in [2.24, 2.45) is 11.7 Å². The molecule has 130 valence electrons. The molecule has 5 nitrogen and oxygen atoms in total. The van der Waals surface area contributed by atoms with Crippen LogP contribution in [0.2, 0.25) is 0 Å². The van der Waals surface area contributed by atoms with Gasteiger partial charge in [-0.05, 0) is 49.9 Å². The van der Waals surface area contributed by atoms with E-state index in [1.165, 1.54) is 0 Å². The van der Waals surface area contributed by atoms with Gasteiger partial charge in [0.25, 0.3) is 0 Å². The number of carbonyl (C=O) groups is 1. The predicted molar refractivity (Wildman–Crippen MR) is 97.5 cm³/mol. The van der Waals surface area contributed by atoms with Crippen LogP contribution in [0.4, 0.5) is 0 Å². The quantitative estimate of drug-likeness (QED) is 0.902. The maximum atomic E-state index is 12.4. The first-order valence-corrected chi connectivity index (χ1v) is 8.26. The first-order valence-electron chi connectivity index (χ1n) is 8.26. The van der Waals surface area contributed by atoms with Crippen molar-refractivity contribution in [3.05, 3.63) is 48.3 Å². The van der Waals surface area contributed by atoms with Gasteiger partial charge in [0.2, 0.25) is 5.91 Å². The lowest BCUT2D eigenvalue weighted by Crippen LogP contribution is -2.34. The summed E-state index contributed by atoms with van der Waals surface area (Å²) in [5.41, 5.74) is 7.85. The highest BCUT2D eigenvalue weighted by molar-refractivity contribution is 5.85. The third kappa shape index (κ3) is 4.16. The van der Waals surface area contributed by atoms with Crippen molar-refractivity contribution in [1.82, 2.24) is 14.7 Å². The number of para-hydroxylation sites is 1. The smallest absolute Gasteiger partial charge is 0.223 e. The first-order chi connectivity index (χ1) is 11.2. The zero-order valence-corrected chi connectivity index (χ0v) is 14.8. The minimum absolute atomic E-state index is 0. The maximum Gasteiger partial charge on any atom is 0.223 e. The number of hydrogen-bond donors (Lipinski definition) is 1. The number of rotatable bonds is 5. The van der Waals surface area contributed by atoms with E-state index in [1.807, 2.05) is 52.3 Å². The summed E-state index contributed by atoms with van der Waals surface area (Å²) in [6.45, 7) is 3.58. The van der Waals surface area contributed by atoms with Crippen LogP contribution in [-0.2, 0) is 11.2 Å². The van der Waals surface area contributed by atoms with Gasteiger partial charge >= 0.3 is 0 Å². The molecule has 1 amide bonds. The Kier molecular flexibility index (Phi) is 6.40. The van der Waals surface area contributed by atoms with Gasteiger partial charge in [0.1, 0.15) is 0 Å². The second kappa shape index (κ2) is 8.31. The zero-order chi connectivity index (χ0) is 16.2. The molecule has 6 heteroatoms. The van der Waals surface area contributed by atoms with Crippen molar-refractivity contribution in [3.63, 3.8) is 0 Å². The Hall–Kier alpha value is -1.85. The molecule has 0 saturated carbocycles. The molecule has 2 N–H and O–H groups in total. The summed E-state index contributed by atoms with van der Waals surface area (Å²) >= 11 is 0. The second-order valence-electron chi connectivity index (χ2n) is 6.36. The average Bonchev–Trinajstić information content (AvgIpc) is 3.20. The highest BCUT2D eigenvalue weighted by Gasteiger charge is 2.31. The summed E-state index contributed by atoms with van der Waals surface area (Å²) in [7, 11) is 0. The van der Waals surface area contributed by atoms with Crippen LogP contribution in [0.5, 0.6) is 0 Å². The summed E-state index contributed by atoms with van der Waals surface area (Å²) in [6.07, 6.45) is 6.12. The van der Waals surface area contributed by atoms with Gasteiger partial charge in [-0.3, -0.25) is 4.79 Å². The summed E-state index contributed by atoms with van der Waals surface area (Å²) < 4.78 is 1.85. The molecule has 0 spiro atoms. The normalized spacial score (nSPS) is 20.0. The van der Waals surface area contributed by atoms with Crippen molar-refractivity contribution in [2.45, 2.75) is 32.2 Å². The molecule has 2 atom stereocenters. The van der Waals surface area contributed by atoms with Crippen LogP contribution >= 0.6 is 12.4 Å². The van der Waals surface area contributed by atoms with Gasteiger partial charge in [-0.2, -0.15) is 5.10 Å². The van der Waals surface area contributed by atoms with E-state index in [4.69, 9.17) is 5.73 Å². The Balaban J connectivity index is 0.00000208. The molecule has 24 heavy (non-hydrogen) atoms. The zero-order valence-electron chi connectivity index (χ0n) is 14.0. The molecule has 1 aromatic carbocycles. The number of amides is 1. The molecule has 0 aliphatic carbocycles. The number of likely N-dealkylation sites (tertiary alicyclic amines) is 1. The molecule has 0 radical (unpaired) electrons. The van der Waals surface area contributed by atoms with Crippen LogP contribution in [0, 0.1) is 5.92 Å². The van der Waals surface area contributed by atoms with Crippen molar-refractivity contribution >= 4 is 18.3 Å². The maximum absolute atomic E-state index is 12.4. The molecule has 1 fully saturated rings. The van der Waals surface area contributed by atoms with Gasteiger partial charge in [0, 0.05) is 25.2 Å². The van der Waals surface area contributed by atoms with Gasteiger partial charge < -0.3 is 10.6 Å². The Morgan fingerprint density at radius 2 is 2.08 bits per heavy atom. The molecular formula is C18H25ClN4O. The van der Waals surface area contributed by atoms with E-state index < -0.39 is 0 Å². The molecule has 2 heterocycles. The first kappa shape index (κ1) is 18.5. The number of carbonyl (C=O) groups excluding carboxylic acids is 1. The van der Waals surface area contributed by atoms with Crippen LogP contribution in [0.25, 0.3) is 5.69 Å². The monoisotopic (exact) mass is 348 g/mol. The molecule has 1 aliphatic heterocycles. The van der Waals surface area contributed by atoms with Gasteiger partial charge in [0.05, 0.1) is 11.9 Å². The van der Waals surface area contributed by atoms with Gasteiger partial charge in [-0.25, -0.2) is 4.68 Å². The second-order valence-corrected chi connectivity index (χ2v) is 6.36. The number of halogens is 1. The minimum Gasteiger partial charge on any atom is -0.340 e. The Morgan fingerprint density at radius 3 is 2.75 bits per heavy atom. The molecule has 2 unspecified atom stereocenters. The highest BCUT2D eigenvalue weighted by Crippen LogP contribution is 2.23. The van der Waals surface area contributed by atoms with Crippen LogP contribution in [0.1, 0.15) is 25.3 Å². The molecular weight excluding hydrogens is 324 g/mol. The lowest BCUT2D eigenvalue weighted by atomic mass is 10.1. The van der Waals surface area contributed by atoms with Gasteiger partial charge in [-0.15, -0.1) is 12.4 Å².